The topological polar surface area (TPSA) is 74.5 Å². The van der Waals surface area contributed by atoms with Gasteiger partial charge in [-0.15, -0.1) is 0 Å². The second-order valence-electron chi connectivity index (χ2n) is 2.44. The van der Waals surface area contributed by atoms with E-state index in [1.165, 1.54) is 6.20 Å². The lowest BCUT2D eigenvalue weighted by molar-refractivity contribution is 1.07. The molecule has 0 N–H and O–H groups in total. The van der Waals surface area contributed by atoms with Crippen molar-refractivity contribution in [1.29, 1.82) is 0 Å². The zero-order valence-electron chi connectivity index (χ0n) is 6.62. The molecular formula is C8H5N5. The molecule has 0 aliphatic rings. The minimum absolute atomic E-state index is 0.508. The number of hydrogen-bond donors (Lipinski definition) is 0. The van der Waals surface area contributed by atoms with E-state index in [2.05, 4.69) is 20.2 Å². The maximum atomic E-state index is 8.29. The van der Waals surface area contributed by atoms with Gasteiger partial charge in [-0.1, -0.05) is 23.3 Å². The smallest absolute Gasteiger partial charge is 0.0934 e. The summed E-state index contributed by atoms with van der Waals surface area (Å²) in [6.45, 7) is 0. The van der Waals surface area contributed by atoms with E-state index in [0.29, 0.717) is 5.69 Å². The highest BCUT2D eigenvalue weighted by Crippen LogP contribution is 2.22. The summed E-state index contributed by atoms with van der Waals surface area (Å²) in [6.07, 6.45) is 1.45. The molecule has 0 aliphatic carbocycles. The first-order valence-electron chi connectivity index (χ1n) is 3.67. The third-order valence-corrected chi connectivity index (χ3v) is 1.68. The van der Waals surface area contributed by atoms with Crippen molar-refractivity contribution in [3.05, 3.63) is 40.9 Å². The lowest BCUT2D eigenvalue weighted by Gasteiger charge is -1.96. The van der Waals surface area contributed by atoms with Crippen LogP contribution in [-0.2, 0) is 0 Å². The van der Waals surface area contributed by atoms with Gasteiger partial charge in [0, 0.05) is 10.3 Å². The van der Waals surface area contributed by atoms with E-state index in [1.54, 1.807) is 0 Å². The molecule has 2 aromatic rings. The summed E-state index contributed by atoms with van der Waals surface area (Å²) in [6, 6.07) is 7.38. The van der Waals surface area contributed by atoms with E-state index in [4.69, 9.17) is 5.53 Å². The van der Waals surface area contributed by atoms with Crippen LogP contribution in [0, 0.1) is 0 Å². The van der Waals surface area contributed by atoms with Crippen molar-refractivity contribution in [2.24, 2.45) is 5.11 Å². The number of benzene rings is 1. The van der Waals surface area contributed by atoms with Gasteiger partial charge in [0.1, 0.15) is 0 Å². The van der Waals surface area contributed by atoms with Crippen LogP contribution in [0.3, 0.4) is 0 Å². The van der Waals surface area contributed by atoms with Crippen LogP contribution >= 0.6 is 0 Å². The molecule has 1 heterocycles. The Kier molecular flexibility index (Phi) is 1.78. The van der Waals surface area contributed by atoms with E-state index in [1.807, 2.05) is 24.3 Å². The molecule has 0 amide bonds. The van der Waals surface area contributed by atoms with Gasteiger partial charge in [0.25, 0.3) is 0 Å². The molecule has 0 bridgehead atoms. The molecule has 5 heteroatoms. The number of hydrogen-bond acceptors (Lipinski definition) is 3. The van der Waals surface area contributed by atoms with E-state index >= 15 is 0 Å². The Balaban J connectivity index is 2.82. The number of azide groups is 1. The Labute approximate surface area is 73.7 Å². The molecule has 5 nitrogen and oxygen atoms in total. The highest BCUT2D eigenvalue weighted by atomic mass is 15.2. The first-order chi connectivity index (χ1) is 6.42. The zero-order chi connectivity index (χ0) is 9.10. The van der Waals surface area contributed by atoms with Gasteiger partial charge < -0.3 is 0 Å². The third-order valence-electron chi connectivity index (χ3n) is 1.68. The molecule has 0 fully saturated rings. The summed E-state index contributed by atoms with van der Waals surface area (Å²) in [7, 11) is 0. The van der Waals surface area contributed by atoms with Gasteiger partial charge in [-0.05, 0) is 11.6 Å². The van der Waals surface area contributed by atoms with E-state index < -0.39 is 0 Å². The normalized spacial score (nSPS) is 9.54. The number of nitrogens with zero attached hydrogens (tertiary/aromatic N) is 5. The minimum Gasteiger partial charge on any atom is -0.158 e. The fourth-order valence-electron chi connectivity index (χ4n) is 1.12. The Hall–Kier alpha value is -2.13. The summed E-state index contributed by atoms with van der Waals surface area (Å²) in [4.78, 5) is 2.71. The average Bonchev–Trinajstić information content (AvgIpc) is 2.19. The zero-order valence-corrected chi connectivity index (χ0v) is 6.62. The van der Waals surface area contributed by atoms with Gasteiger partial charge >= 0.3 is 0 Å². The summed E-state index contributed by atoms with van der Waals surface area (Å²) >= 11 is 0. The van der Waals surface area contributed by atoms with Gasteiger partial charge in [0.15, 0.2) is 0 Å². The van der Waals surface area contributed by atoms with Crippen LogP contribution in [0.2, 0.25) is 0 Å². The second-order valence-corrected chi connectivity index (χ2v) is 2.44. The number of aromatic nitrogens is 2. The van der Waals surface area contributed by atoms with Gasteiger partial charge in [-0.3, -0.25) is 0 Å². The molecule has 1 aromatic carbocycles. The van der Waals surface area contributed by atoms with Crippen LogP contribution in [0.5, 0.6) is 0 Å². The van der Waals surface area contributed by atoms with Crippen LogP contribution in [-0.4, -0.2) is 10.2 Å². The monoisotopic (exact) mass is 171 g/mol. The quantitative estimate of drug-likeness (QED) is 0.375. The summed E-state index contributed by atoms with van der Waals surface area (Å²) in [5.41, 5.74) is 9.53. The molecule has 0 saturated heterocycles. The van der Waals surface area contributed by atoms with Crippen molar-refractivity contribution >= 4 is 16.6 Å². The Morgan fingerprint density at radius 3 is 3.00 bits per heavy atom. The summed E-state index contributed by atoms with van der Waals surface area (Å²) in [5, 5.41) is 11.9. The van der Waals surface area contributed by atoms with Crippen LogP contribution in [0.1, 0.15) is 0 Å². The van der Waals surface area contributed by atoms with Gasteiger partial charge in [0.05, 0.1) is 17.4 Å². The molecule has 0 atom stereocenters. The minimum atomic E-state index is 0.508. The third kappa shape index (κ3) is 1.28. The first kappa shape index (κ1) is 7.52. The fraction of sp³-hybridized carbons (Fsp3) is 0. The van der Waals surface area contributed by atoms with Gasteiger partial charge in [-0.25, -0.2) is 0 Å². The van der Waals surface area contributed by atoms with Crippen molar-refractivity contribution < 1.29 is 0 Å². The molecule has 2 rings (SSSR count). The van der Waals surface area contributed by atoms with Crippen LogP contribution in [0.15, 0.2) is 35.6 Å². The highest BCUT2D eigenvalue weighted by Gasteiger charge is 1.98. The van der Waals surface area contributed by atoms with E-state index in [9.17, 15) is 0 Å². The van der Waals surface area contributed by atoms with E-state index in [-0.39, 0.29) is 0 Å². The Morgan fingerprint density at radius 1 is 1.31 bits per heavy atom. The predicted molar refractivity (Wildman–Crippen MR) is 48.3 cm³/mol. The maximum absolute atomic E-state index is 8.29. The maximum Gasteiger partial charge on any atom is 0.0934 e. The largest absolute Gasteiger partial charge is 0.158 e. The highest BCUT2D eigenvalue weighted by molar-refractivity contribution is 5.88. The summed E-state index contributed by atoms with van der Waals surface area (Å²) in [5.74, 6) is 0. The Bertz CT molecular complexity index is 481. The van der Waals surface area contributed by atoms with Crippen molar-refractivity contribution in [1.82, 2.24) is 10.2 Å². The van der Waals surface area contributed by atoms with Crippen molar-refractivity contribution in [3.63, 3.8) is 0 Å². The van der Waals surface area contributed by atoms with Crippen molar-refractivity contribution in [2.45, 2.75) is 0 Å². The van der Waals surface area contributed by atoms with Gasteiger partial charge in [0.2, 0.25) is 0 Å². The van der Waals surface area contributed by atoms with Crippen LogP contribution < -0.4 is 0 Å². The van der Waals surface area contributed by atoms with E-state index in [0.717, 1.165) is 10.9 Å². The molecular weight excluding hydrogens is 166 g/mol. The summed E-state index contributed by atoms with van der Waals surface area (Å²) < 4.78 is 0. The predicted octanol–water partition coefficient (Wildman–Crippen LogP) is 2.57. The van der Waals surface area contributed by atoms with Crippen molar-refractivity contribution in [2.75, 3.05) is 0 Å². The van der Waals surface area contributed by atoms with Crippen LogP contribution in [0.25, 0.3) is 21.3 Å². The lowest BCUT2D eigenvalue weighted by atomic mass is 10.2. The number of fused-ring (bicyclic) bond motifs is 1. The molecule has 13 heavy (non-hydrogen) atoms. The van der Waals surface area contributed by atoms with Crippen molar-refractivity contribution in [3.8, 4) is 0 Å². The fourth-order valence-corrected chi connectivity index (χ4v) is 1.12. The number of rotatable bonds is 1. The molecule has 1 aromatic heterocycles. The molecule has 0 unspecified atom stereocenters. The Morgan fingerprint density at radius 2 is 2.15 bits per heavy atom. The molecule has 0 aliphatic heterocycles. The average molecular weight is 171 g/mol. The molecule has 0 saturated carbocycles. The molecule has 62 valence electrons. The molecule has 0 radical (unpaired) electrons. The SMILES string of the molecule is [N-]=[N+]=Nc1cnnc2ccccc12. The van der Waals surface area contributed by atoms with Gasteiger partial charge in [-0.2, -0.15) is 10.2 Å². The first-order valence-corrected chi connectivity index (χ1v) is 3.67. The second kappa shape index (κ2) is 3.08. The molecule has 0 spiro atoms. The van der Waals surface area contributed by atoms with Crippen LogP contribution in [0.4, 0.5) is 5.69 Å². The lowest BCUT2D eigenvalue weighted by Crippen LogP contribution is -1.81. The standard InChI is InChI=1S/C8H5N5/c9-13-12-8-5-10-11-7-4-2-1-3-6(7)8/h1-5H.